The summed E-state index contributed by atoms with van der Waals surface area (Å²) in [6.07, 6.45) is 12.9. The first-order valence-electron chi connectivity index (χ1n) is 19.4. The van der Waals surface area contributed by atoms with Crippen LogP contribution in [0.2, 0.25) is 0 Å². The largest absolute Gasteiger partial charge is 0.334 e. The first-order valence-corrected chi connectivity index (χ1v) is 24.1. The number of amides is 2. The number of likely N-dealkylation sites (tertiary alicyclic amines) is 4. The molecule has 2 unspecified atom stereocenters. The van der Waals surface area contributed by atoms with Gasteiger partial charge in [-0.2, -0.15) is 0 Å². The highest BCUT2D eigenvalue weighted by molar-refractivity contribution is 8.00. The molecule has 2 amide bonds. The van der Waals surface area contributed by atoms with Crippen LogP contribution in [0.4, 0.5) is 0 Å². The Bertz CT molecular complexity index is 1980. The summed E-state index contributed by atoms with van der Waals surface area (Å²) in [5.41, 5.74) is 3.66. The molecule has 2 atom stereocenters. The third kappa shape index (κ3) is 9.50. The molecule has 0 aliphatic carbocycles. The first-order chi connectivity index (χ1) is 26.2. The maximum absolute atomic E-state index is 13.0. The van der Waals surface area contributed by atoms with Crippen molar-refractivity contribution in [2.45, 2.75) is 71.9 Å². The fraction of sp³-hybridized carbons (Fsp3) is 0.476. The monoisotopic (exact) mass is 804 g/mol. The lowest BCUT2D eigenvalue weighted by atomic mass is 10.1. The second-order valence-electron chi connectivity index (χ2n) is 15.0. The Labute approximate surface area is 333 Å². The van der Waals surface area contributed by atoms with Crippen LogP contribution < -0.4 is 0 Å². The van der Waals surface area contributed by atoms with Gasteiger partial charge in [0.15, 0.2) is 9.84 Å². The molecule has 0 radical (unpaired) electrons. The molecule has 2 aromatic carbocycles. The lowest BCUT2D eigenvalue weighted by molar-refractivity contribution is 0.0701. The number of carbonyl (C=O) groups excluding carboxylic acids is 2. The summed E-state index contributed by atoms with van der Waals surface area (Å²) in [7, 11) is -3.19. The van der Waals surface area contributed by atoms with Gasteiger partial charge in [-0.25, -0.2) is 8.42 Å². The molecule has 288 valence electrons. The van der Waals surface area contributed by atoms with Crippen molar-refractivity contribution in [1.29, 1.82) is 0 Å². The quantitative estimate of drug-likeness (QED) is 0.149. The molecule has 4 saturated heterocycles. The minimum atomic E-state index is -3.19. The van der Waals surface area contributed by atoms with Gasteiger partial charge in [-0.15, -0.1) is 34.4 Å². The highest BCUT2D eigenvalue weighted by Crippen LogP contribution is 2.34. The predicted octanol–water partition coefficient (Wildman–Crippen LogP) is 8.36. The molecule has 54 heavy (non-hydrogen) atoms. The van der Waals surface area contributed by atoms with E-state index in [2.05, 4.69) is 45.2 Å². The number of sulfone groups is 1. The fourth-order valence-electron chi connectivity index (χ4n) is 8.26. The predicted molar refractivity (Wildman–Crippen MR) is 224 cm³/mol. The molecular formula is C42H52N4O4S4. The summed E-state index contributed by atoms with van der Waals surface area (Å²) in [5, 5.41) is 0. The second kappa shape index (κ2) is 17.9. The molecule has 0 N–H and O–H groups in total. The van der Waals surface area contributed by atoms with Crippen LogP contribution in [0.5, 0.6) is 0 Å². The van der Waals surface area contributed by atoms with Gasteiger partial charge in [0.2, 0.25) is 0 Å². The zero-order valence-electron chi connectivity index (χ0n) is 31.5. The Hall–Kier alpha value is -3.00. The molecule has 8 nitrogen and oxygen atoms in total. The van der Waals surface area contributed by atoms with Gasteiger partial charge in [0.1, 0.15) is 4.21 Å². The van der Waals surface area contributed by atoms with Crippen LogP contribution in [0, 0.1) is 0 Å². The van der Waals surface area contributed by atoms with E-state index in [1.54, 1.807) is 29.2 Å². The van der Waals surface area contributed by atoms with Gasteiger partial charge >= 0.3 is 0 Å². The van der Waals surface area contributed by atoms with E-state index in [9.17, 15) is 18.0 Å². The molecule has 2 aromatic heterocycles. The maximum atomic E-state index is 13.0. The molecule has 4 aromatic rings. The Morgan fingerprint density at radius 2 is 1.06 bits per heavy atom. The van der Waals surface area contributed by atoms with Crippen molar-refractivity contribution in [3.8, 4) is 20.9 Å². The number of nitrogens with zero attached hydrogens (tertiary/aromatic N) is 4. The van der Waals surface area contributed by atoms with Gasteiger partial charge < -0.3 is 19.6 Å². The van der Waals surface area contributed by atoms with Crippen LogP contribution >= 0.6 is 34.4 Å². The number of carbonyl (C=O) groups is 2. The SMILES string of the molecule is CS(=O)(=O)c1ccc(-c2ccc(C(=O)N3CCCC3CN3CCCC3)cc2)s1.CSc1ccc(-c2ccc(C(=O)N3CCCC3CN3CCCC3)cc2)s1. The fourth-order valence-corrected chi connectivity index (χ4v) is 11.7. The van der Waals surface area contributed by atoms with Crippen molar-refractivity contribution in [2.24, 2.45) is 0 Å². The minimum absolute atomic E-state index is 0.108. The van der Waals surface area contributed by atoms with Crippen LogP contribution in [0.15, 0.2) is 81.2 Å². The summed E-state index contributed by atoms with van der Waals surface area (Å²) in [5.74, 6) is 0.311. The van der Waals surface area contributed by atoms with E-state index in [-0.39, 0.29) is 11.8 Å². The third-order valence-electron chi connectivity index (χ3n) is 11.2. The summed E-state index contributed by atoms with van der Waals surface area (Å²) < 4.78 is 25.0. The zero-order valence-corrected chi connectivity index (χ0v) is 34.7. The first kappa shape index (κ1) is 39.2. The minimum Gasteiger partial charge on any atom is -0.334 e. The van der Waals surface area contributed by atoms with Crippen LogP contribution in [-0.2, 0) is 9.84 Å². The van der Waals surface area contributed by atoms with Crippen molar-refractivity contribution in [2.75, 3.05) is 64.9 Å². The van der Waals surface area contributed by atoms with Gasteiger partial charge in [-0.3, -0.25) is 9.59 Å². The van der Waals surface area contributed by atoms with E-state index >= 15 is 0 Å². The highest BCUT2D eigenvalue weighted by Gasteiger charge is 2.32. The lowest BCUT2D eigenvalue weighted by Gasteiger charge is -2.28. The molecule has 0 spiro atoms. The van der Waals surface area contributed by atoms with Gasteiger partial charge in [0.25, 0.3) is 11.8 Å². The number of hydrogen-bond acceptors (Lipinski definition) is 9. The van der Waals surface area contributed by atoms with E-state index in [0.29, 0.717) is 21.9 Å². The third-order valence-corrected chi connectivity index (χ3v) is 16.3. The smallest absolute Gasteiger partial charge is 0.254 e. The Morgan fingerprint density at radius 3 is 1.46 bits per heavy atom. The van der Waals surface area contributed by atoms with Crippen molar-refractivity contribution in [1.82, 2.24) is 19.6 Å². The Balaban J connectivity index is 0.000000167. The molecule has 0 saturated carbocycles. The number of thioether (sulfide) groups is 1. The number of thiophene rings is 2. The number of rotatable bonds is 10. The number of hydrogen-bond donors (Lipinski definition) is 0. The van der Waals surface area contributed by atoms with E-state index < -0.39 is 9.84 Å². The standard InChI is InChI=1S/C21H26N2O3S2.C21H26N2OS2/c1-28(25,26)20-11-10-19(27-20)16-6-8-17(9-7-16)21(24)23-14-4-5-18(23)15-22-12-2-3-13-22;1-25-20-11-10-19(26-20)16-6-8-17(9-7-16)21(24)23-14-4-5-18(23)15-22-12-2-3-13-22/h6-11,18H,2-5,12-15H2,1H3;6-11,18H,2-5,12-15H2,1H3. The number of benzene rings is 2. The average molecular weight is 805 g/mol. The van der Waals surface area contributed by atoms with Crippen LogP contribution in [0.1, 0.15) is 72.1 Å². The molecule has 0 bridgehead atoms. The second-order valence-corrected chi connectivity index (χ2v) is 20.5. The van der Waals surface area contributed by atoms with Crippen molar-refractivity contribution in [3.05, 3.63) is 83.9 Å². The molecule has 4 aliphatic heterocycles. The molecule has 4 aliphatic rings. The summed E-state index contributed by atoms with van der Waals surface area (Å²) in [4.78, 5) is 37.4. The van der Waals surface area contributed by atoms with Gasteiger partial charge in [-0.1, -0.05) is 24.3 Å². The summed E-state index contributed by atoms with van der Waals surface area (Å²) in [6, 6.07) is 24.2. The van der Waals surface area contributed by atoms with Crippen molar-refractivity contribution < 1.29 is 18.0 Å². The topological polar surface area (TPSA) is 81.2 Å². The van der Waals surface area contributed by atoms with E-state index in [4.69, 9.17) is 0 Å². The Kier molecular flexibility index (Phi) is 13.0. The van der Waals surface area contributed by atoms with E-state index in [1.807, 2.05) is 47.4 Å². The van der Waals surface area contributed by atoms with Gasteiger partial charge in [0, 0.05) is 65.4 Å². The molecule has 8 rings (SSSR count). The van der Waals surface area contributed by atoms with Crippen LogP contribution in [0.25, 0.3) is 20.9 Å². The molecule has 4 fully saturated rings. The summed E-state index contributed by atoms with van der Waals surface area (Å²) >= 11 is 4.84. The molecule has 12 heteroatoms. The van der Waals surface area contributed by atoms with Gasteiger partial charge in [-0.05, 0) is 143 Å². The van der Waals surface area contributed by atoms with Crippen molar-refractivity contribution >= 4 is 56.1 Å². The average Bonchev–Trinajstić information content (AvgIpc) is 4.04. The Morgan fingerprint density at radius 1 is 0.611 bits per heavy atom. The lowest BCUT2D eigenvalue weighted by Crippen LogP contribution is -2.42. The van der Waals surface area contributed by atoms with E-state index in [0.717, 1.165) is 81.0 Å². The summed E-state index contributed by atoms with van der Waals surface area (Å²) in [6.45, 7) is 8.50. The van der Waals surface area contributed by atoms with Gasteiger partial charge in [0.05, 0.1) is 4.21 Å². The zero-order chi connectivity index (χ0) is 37.7. The maximum Gasteiger partial charge on any atom is 0.254 e. The van der Waals surface area contributed by atoms with E-state index in [1.165, 1.54) is 71.0 Å². The normalized spacial score (nSPS) is 20.8. The molecule has 6 heterocycles. The van der Waals surface area contributed by atoms with Crippen LogP contribution in [-0.4, -0.2) is 117 Å². The molecular weight excluding hydrogens is 753 g/mol. The highest BCUT2D eigenvalue weighted by atomic mass is 32.2. The van der Waals surface area contributed by atoms with Crippen molar-refractivity contribution in [3.63, 3.8) is 0 Å². The van der Waals surface area contributed by atoms with Crippen LogP contribution in [0.3, 0.4) is 0 Å².